The van der Waals surface area contributed by atoms with E-state index in [0.717, 1.165) is 23.8 Å². The van der Waals surface area contributed by atoms with E-state index in [0.29, 0.717) is 6.61 Å². The molecule has 2 rings (SSSR count). The maximum absolute atomic E-state index is 5.57. The second kappa shape index (κ2) is 5.32. The number of benzene rings is 1. The number of aromatic amines is 1. The molecule has 0 saturated carbocycles. The molecule has 0 spiro atoms. The lowest BCUT2D eigenvalue weighted by Gasteiger charge is -2.02. The minimum atomic E-state index is 0.466. The summed E-state index contributed by atoms with van der Waals surface area (Å²) in [4.78, 5) is 7.42. The third-order valence-electron chi connectivity index (χ3n) is 2.17. The van der Waals surface area contributed by atoms with Gasteiger partial charge in [0, 0.05) is 18.4 Å². The number of H-pyrrole nitrogens is 1. The normalized spacial score (nSPS) is 10.3. The topological polar surface area (TPSA) is 49.9 Å². The summed E-state index contributed by atoms with van der Waals surface area (Å²) in [6, 6.07) is 9.72. The largest absolute Gasteiger partial charge is 0.486 e. The fourth-order valence-corrected chi connectivity index (χ4v) is 1.43. The number of rotatable bonds is 5. The molecule has 2 aromatic rings. The summed E-state index contributed by atoms with van der Waals surface area (Å²) in [5.41, 5.74) is 1.06. The molecule has 0 bridgehead atoms. The van der Waals surface area contributed by atoms with Crippen LogP contribution in [0.3, 0.4) is 0 Å². The van der Waals surface area contributed by atoms with Crippen molar-refractivity contribution in [3.05, 3.63) is 48.0 Å². The predicted molar refractivity (Wildman–Crippen MR) is 62.1 cm³/mol. The summed E-state index contributed by atoms with van der Waals surface area (Å²) >= 11 is 0. The van der Waals surface area contributed by atoms with Gasteiger partial charge >= 0.3 is 0 Å². The zero-order valence-corrected chi connectivity index (χ0v) is 9.23. The first-order valence-corrected chi connectivity index (χ1v) is 5.23. The number of imidazole rings is 1. The highest BCUT2D eigenvalue weighted by molar-refractivity contribution is 5.21. The van der Waals surface area contributed by atoms with Gasteiger partial charge in [0.1, 0.15) is 18.2 Å². The maximum atomic E-state index is 5.57. The molecular weight excluding hydrogens is 202 g/mol. The van der Waals surface area contributed by atoms with E-state index in [4.69, 9.17) is 4.74 Å². The lowest BCUT2D eigenvalue weighted by molar-refractivity contribution is 0.297. The Labute approximate surface area is 94.7 Å². The smallest absolute Gasteiger partial charge is 0.146 e. The van der Waals surface area contributed by atoms with Crippen molar-refractivity contribution in [2.24, 2.45) is 0 Å². The standard InChI is InChI=1S/C12H15N3O/c1-13-7-10-8-14-12(15-10)9-16-11-5-3-2-4-6-11/h2-6,8,13H,7,9H2,1H3,(H,14,15). The molecule has 0 aliphatic carbocycles. The minimum Gasteiger partial charge on any atom is -0.486 e. The molecule has 0 saturated heterocycles. The van der Waals surface area contributed by atoms with E-state index in [2.05, 4.69) is 15.3 Å². The van der Waals surface area contributed by atoms with Crippen LogP contribution >= 0.6 is 0 Å². The summed E-state index contributed by atoms with van der Waals surface area (Å²) in [6.07, 6.45) is 1.82. The quantitative estimate of drug-likeness (QED) is 0.801. The number of aromatic nitrogens is 2. The molecule has 0 fully saturated rings. The van der Waals surface area contributed by atoms with E-state index in [-0.39, 0.29) is 0 Å². The van der Waals surface area contributed by atoms with Crippen LogP contribution in [0.2, 0.25) is 0 Å². The number of para-hydroxylation sites is 1. The molecule has 0 atom stereocenters. The van der Waals surface area contributed by atoms with Crippen LogP contribution in [0.5, 0.6) is 5.75 Å². The average molecular weight is 217 g/mol. The predicted octanol–water partition coefficient (Wildman–Crippen LogP) is 1.71. The van der Waals surface area contributed by atoms with Crippen molar-refractivity contribution in [3.63, 3.8) is 0 Å². The van der Waals surface area contributed by atoms with Crippen molar-refractivity contribution in [1.82, 2.24) is 15.3 Å². The van der Waals surface area contributed by atoms with Crippen molar-refractivity contribution in [3.8, 4) is 5.75 Å². The summed E-state index contributed by atoms with van der Waals surface area (Å²) in [5.74, 6) is 1.70. The highest BCUT2D eigenvalue weighted by Crippen LogP contribution is 2.10. The molecule has 1 aromatic carbocycles. The van der Waals surface area contributed by atoms with Gasteiger partial charge in [-0.25, -0.2) is 4.98 Å². The zero-order chi connectivity index (χ0) is 11.2. The highest BCUT2D eigenvalue weighted by Gasteiger charge is 2.00. The molecule has 0 aliphatic heterocycles. The van der Waals surface area contributed by atoms with Crippen molar-refractivity contribution >= 4 is 0 Å². The van der Waals surface area contributed by atoms with E-state index >= 15 is 0 Å². The molecule has 0 amide bonds. The van der Waals surface area contributed by atoms with E-state index in [1.807, 2.05) is 43.6 Å². The lowest BCUT2D eigenvalue weighted by Crippen LogP contribution is -2.05. The minimum absolute atomic E-state index is 0.466. The Morgan fingerprint density at radius 1 is 1.31 bits per heavy atom. The van der Waals surface area contributed by atoms with E-state index in [1.165, 1.54) is 0 Å². The van der Waals surface area contributed by atoms with Crippen molar-refractivity contribution in [1.29, 1.82) is 0 Å². The van der Waals surface area contributed by atoms with Crippen LogP contribution in [0.25, 0.3) is 0 Å². The van der Waals surface area contributed by atoms with Crippen LogP contribution in [0, 0.1) is 0 Å². The van der Waals surface area contributed by atoms with Gasteiger partial charge < -0.3 is 15.0 Å². The van der Waals surface area contributed by atoms with Gasteiger partial charge in [0.2, 0.25) is 0 Å². The molecule has 2 N–H and O–H groups in total. The first-order chi connectivity index (χ1) is 7.88. The molecule has 4 heteroatoms. The third kappa shape index (κ3) is 2.84. The van der Waals surface area contributed by atoms with E-state index in [1.54, 1.807) is 0 Å². The molecule has 0 radical (unpaired) electrons. The van der Waals surface area contributed by atoms with Gasteiger partial charge in [0.05, 0.1) is 0 Å². The number of ether oxygens (including phenoxy) is 1. The van der Waals surface area contributed by atoms with Gasteiger partial charge in [-0.1, -0.05) is 18.2 Å². The van der Waals surface area contributed by atoms with Gasteiger partial charge in [-0.05, 0) is 19.2 Å². The van der Waals surface area contributed by atoms with Crippen LogP contribution in [-0.4, -0.2) is 17.0 Å². The first-order valence-electron chi connectivity index (χ1n) is 5.23. The van der Waals surface area contributed by atoms with Crippen molar-refractivity contribution in [2.75, 3.05) is 7.05 Å². The van der Waals surface area contributed by atoms with Gasteiger partial charge in [-0.15, -0.1) is 0 Å². The Bertz CT molecular complexity index is 425. The van der Waals surface area contributed by atoms with Gasteiger partial charge in [0.25, 0.3) is 0 Å². The Balaban J connectivity index is 1.89. The fraction of sp³-hybridized carbons (Fsp3) is 0.250. The molecule has 0 aliphatic rings. The monoisotopic (exact) mass is 217 g/mol. The van der Waals surface area contributed by atoms with Crippen LogP contribution < -0.4 is 10.1 Å². The molecule has 1 heterocycles. The SMILES string of the molecule is CNCc1cnc(COc2ccccc2)[nH]1. The van der Waals surface area contributed by atoms with E-state index < -0.39 is 0 Å². The maximum Gasteiger partial charge on any atom is 0.146 e. The Kier molecular flexibility index (Phi) is 3.56. The number of hydrogen-bond donors (Lipinski definition) is 2. The molecule has 84 valence electrons. The van der Waals surface area contributed by atoms with Crippen LogP contribution in [-0.2, 0) is 13.2 Å². The Morgan fingerprint density at radius 3 is 2.88 bits per heavy atom. The third-order valence-corrected chi connectivity index (χ3v) is 2.17. The summed E-state index contributed by atoms with van der Waals surface area (Å²) in [6.45, 7) is 1.26. The summed E-state index contributed by atoms with van der Waals surface area (Å²) < 4.78 is 5.57. The lowest BCUT2D eigenvalue weighted by atomic mass is 10.3. The van der Waals surface area contributed by atoms with Crippen LogP contribution in [0.1, 0.15) is 11.5 Å². The van der Waals surface area contributed by atoms with Crippen molar-refractivity contribution < 1.29 is 4.74 Å². The van der Waals surface area contributed by atoms with Crippen LogP contribution in [0.15, 0.2) is 36.5 Å². The van der Waals surface area contributed by atoms with Gasteiger partial charge in [-0.3, -0.25) is 0 Å². The van der Waals surface area contributed by atoms with Crippen LogP contribution in [0.4, 0.5) is 0 Å². The van der Waals surface area contributed by atoms with Gasteiger partial charge in [0.15, 0.2) is 0 Å². The van der Waals surface area contributed by atoms with Gasteiger partial charge in [-0.2, -0.15) is 0 Å². The number of nitrogens with one attached hydrogen (secondary N) is 2. The summed E-state index contributed by atoms with van der Waals surface area (Å²) in [5, 5.41) is 3.06. The fourth-order valence-electron chi connectivity index (χ4n) is 1.43. The number of nitrogens with zero attached hydrogens (tertiary/aromatic N) is 1. The van der Waals surface area contributed by atoms with Crippen molar-refractivity contribution in [2.45, 2.75) is 13.2 Å². The molecule has 1 aromatic heterocycles. The Hall–Kier alpha value is -1.81. The number of hydrogen-bond acceptors (Lipinski definition) is 3. The molecule has 16 heavy (non-hydrogen) atoms. The zero-order valence-electron chi connectivity index (χ0n) is 9.23. The summed E-state index contributed by atoms with van der Waals surface area (Å²) in [7, 11) is 1.90. The average Bonchev–Trinajstić information content (AvgIpc) is 2.76. The second-order valence-electron chi connectivity index (χ2n) is 3.49. The highest BCUT2D eigenvalue weighted by atomic mass is 16.5. The van der Waals surface area contributed by atoms with E-state index in [9.17, 15) is 0 Å². The Morgan fingerprint density at radius 2 is 2.12 bits per heavy atom. The second-order valence-corrected chi connectivity index (χ2v) is 3.49. The molecule has 4 nitrogen and oxygen atoms in total. The molecule has 0 unspecified atom stereocenters. The first kappa shape index (κ1) is 10.7. The molecular formula is C12H15N3O.